The van der Waals surface area contributed by atoms with E-state index >= 15 is 0 Å². The van der Waals surface area contributed by atoms with E-state index in [1.807, 2.05) is 0 Å². The normalized spacial score (nSPS) is 22.5. The molecule has 2 aromatic rings. The number of imidazole rings is 1. The number of nitrogens with zero attached hydrogens (tertiary/aromatic N) is 2. The molecule has 2 fully saturated rings. The Kier molecular flexibility index (Phi) is 2.91. The van der Waals surface area contributed by atoms with Crippen LogP contribution in [0.5, 0.6) is 0 Å². The van der Waals surface area contributed by atoms with E-state index in [1.165, 1.54) is 32.1 Å². The molecule has 1 saturated heterocycles. The summed E-state index contributed by atoms with van der Waals surface area (Å²) in [6, 6.07) is 8.33. The standard InChI is InChI=1S/C16H22N4/c1-4-8-16(9-5-1)12-17-10-11-20(16)15-18-13-6-2-3-7-14(13)19-15/h2-3,6-7,17H,1,4-5,8-12H2,(H,18,19). The third kappa shape index (κ3) is 1.90. The molecule has 0 bridgehead atoms. The van der Waals surface area contributed by atoms with Gasteiger partial charge in [-0.05, 0) is 25.0 Å². The molecule has 4 nitrogen and oxygen atoms in total. The van der Waals surface area contributed by atoms with Crippen molar-refractivity contribution in [2.24, 2.45) is 0 Å². The highest BCUT2D eigenvalue weighted by atomic mass is 15.3. The Morgan fingerprint density at radius 2 is 1.95 bits per heavy atom. The zero-order chi connectivity index (χ0) is 13.4. The molecule has 0 amide bonds. The van der Waals surface area contributed by atoms with Gasteiger partial charge in [-0.2, -0.15) is 0 Å². The predicted molar refractivity (Wildman–Crippen MR) is 82.1 cm³/mol. The van der Waals surface area contributed by atoms with Crippen LogP contribution in [0.25, 0.3) is 11.0 Å². The zero-order valence-corrected chi connectivity index (χ0v) is 11.9. The summed E-state index contributed by atoms with van der Waals surface area (Å²) >= 11 is 0. The van der Waals surface area contributed by atoms with Gasteiger partial charge < -0.3 is 15.2 Å². The molecule has 2 N–H and O–H groups in total. The number of benzene rings is 1. The minimum atomic E-state index is 0.282. The van der Waals surface area contributed by atoms with E-state index in [-0.39, 0.29) is 5.54 Å². The summed E-state index contributed by atoms with van der Waals surface area (Å²) in [4.78, 5) is 10.9. The Morgan fingerprint density at radius 3 is 2.80 bits per heavy atom. The van der Waals surface area contributed by atoms with Crippen LogP contribution in [0.2, 0.25) is 0 Å². The van der Waals surface area contributed by atoms with Gasteiger partial charge in [0.1, 0.15) is 0 Å². The number of aromatic amines is 1. The lowest BCUT2D eigenvalue weighted by Crippen LogP contribution is -2.62. The summed E-state index contributed by atoms with van der Waals surface area (Å²) in [6.07, 6.45) is 6.65. The predicted octanol–water partition coefficient (Wildman–Crippen LogP) is 2.68. The van der Waals surface area contributed by atoms with Crippen molar-refractivity contribution < 1.29 is 0 Å². The van der Waals surface area contributed by atoms with Gasteiger partial charge in [-0.25, -0.2) is 4.98 Å². The first-order valence-electron chi connectivity index (χ1n) is 7.81. The summed E-state index contributed by atoms with van der Waals surface area (Å²) in [5.74, 6) is 1.06. The Hall–Kier alpha value is -1.55. The molecule has 0 unspecified atom stereocenters. The van der Waals surface area contributed by atoms with Crippen molar-refractivity contribution >= 4 is 17.0 Å². The number of piperazine rings is 1. The second kappa shape index (κ2) is 4.77. The first-order valence-corrected chi connectivity index (χ1v) is 7.81. The van der Waals surface area contributed by atoms with E-state index in [1.54, 1.807) is 0 Å². The second-order valence-corrected chi connectivity index (χ2v) is 6.19. The smallest absolute Gasteiger partial charge is 0.204 e. The number of aromatic nitrogens is 2. The van der Waals surface area contributed by atoms with Crippen LogP contribution in [0.3, 0.4) is 0 Å². The van der Waals surface area contributed by atoms with Crippen LogP contribution in [0.1, 0.15) is 32.1 Å². The van der Waals surface area contributed by atoms with E-state index in [9.17, 15) is 0 Å². The van der Waals surface area contributed by atoms with Gasteiger partial charge in [-0.1, -0.05) is 31.4 Å². The fourth-order valence-corrected chi connectivity index (χ4v) is 3.90. The average Bonchev–Trinajstić information content (AvgIpc) is 2.92. The topological polar surface area (TPSA) is 44.0 Å². The zero-order valence-electron chi connectivity index (χ0n) is 11.9. The Balaban J connectivity index is 1.73. The third-order valence-corrected chi connectivity index (χ3v) is 4.96. The molecule has 4 rings (SSSR count). The third-order valence-electron chi connectivity index (χ3n) is 4.96. The number of hydrogen-bond donors (Lipinski definition) is 2. The van der Waals surface area contributed by atoms with Gasteiger partial charge in [0.05, 0.1) is 16.6 Å². The van der Waals surface area contributed by atoms with Crippen LogP contribution >= 0.6 is 0 Å². The number of hydrogen-bond acceptors (Lipinski definition) is 3. The highest BCUT2D eigenvalue weighted by molar-refractivity contribution is 5.77. The molecule has 1 aliphatic carbocycles. The van der Waals surface area contributed by atoms with Gasteiger partial charge in [0.25, 0.3) is 0 Å². The van der Waals surface area contributed by atoms with Crippen molar-refractivity contribution in [3.63, 3.8) is 0 Å². The summed E-state index contributed by atoms with van der Waals surface area (Å²) < 4.78 is 0. The van der Waals surface area contributed by atoms with Gasteiger partial charge in [0.15, 0.2) is 0 Å². The largest absolute Gasteiger partial charge is 0.334 e. The quantitative estimate of drug-likeness (QED) is 0.837. The molecule has 1 aromatic carbocycles. The van der Waals surface area contributed by atoms with E-state index in [0.29, 0.717) is 0 Å². The van der Waals surface area contributed by atoms with E-state index in [2.05, 4.69) is 39.5 Å². The molecular weight excluding hydrogens is 248 g/mol. The van der Waals surface area contributed by atoms with Gasteiger partial charge >= 0.3 is 0 Å². The van der Waals surface area contributed by atoms with Gasteiger partial charge in [-0.3, -0.25) is 0 Å². The SMILES string of the molecule is c1ccc2[nH]c(N3CCNCC34CCCCC4)nc2c1. The average molecular weight is 270 g/mol. The molecular formula is C16H22N4. The van der Waals surface area contributed by atoms with Gasteiger partial charge in [0, 0.05) is 19.6 Å². The molecule has 2 heterocycles. The molecule has 0 radical (unpaired) electrons. The maximum atomic E-state index is 4.83. The maximum Gasteiger partial charge on any atom is 0.204 e. The van der Waals surface area contributed by atoms with Crippen molar-refractivity contribution in [2.45, 2.75) is 37.6 Å². The summed E-state index contributed by atoms with van der Waals surface area (Å²) in [5.41, 5.74) is 2.50. The highest BCUT2D eigenvalue weighted by Gasteiger charge is 2.40. The van der Waals surface area contributed by atoms with E-state index in [4.69, 9.17) is 4.98 Å². The monoisotopic (exact) mass is 270 g/mol. The highest BCUT2D eigenvalue weighted by Crippen LogP contribution is 2.37. The molecule has 1 aromatic heterocycles. The van der Waals surface area contributed by atoms with Crippen molar-refractivity contribution in [1.29, 1.82) is 0 Å². The molecule has 1 spiro atoms. The summed E-state index contributed by atoms with van der Waals surface area (Å²) in [5, 5.41) is 3.60. The number of anilines is 1. The molecule has 20 heavy (non-hydrogen) atoms. The molecule has 1 aliphatic heterocycles. The van der Waals surface area contributed by atoms with Crippen molar-refractivity contribution in [2.75, 3.05) is 24.5 Å². The van der Waals surface area contributed by atoms with Crippen molar-refractivity contribution in [1.82, 2.24) is 15.3 Å². The van der Waals surface area contributed by atoms with Crippen LogP contribution in [0, 0.1) is 0 Å². The number of rotatable bonds is 1. The Bertz CT molecular complexity index is 556. The Labute approximate surface area is 119 Å². The minimum absolute atomic E-state index is 0.282. The maximum absolute atomic E-state index is 4.83. The fraction of sp³-hybridized carbons (Fsp3) is 0.562. The number of fused-ring (bicyclic) bond motifs is 1. The first-order chi connectivity index (χ1) is 9.87. The molecule has 4 heteroatoms. The van der Waals surface area contributed by atoms with Crippen LogP contribution in [-0.4, -0.2) is 35.1 Å². The molecule has 106 valence electrons. The van der Waals surface area contributed by atoms with Crippen LogP contribution in [0.15, 0.2) is 24.3 Å². The van der Waals surface area contributed by atoms with Gasteiger partial charge in [-0.15, -0.1) is 0 Å². The van der Waals surface area contributed by atoms with E-state index in [0.717, 1.165) is 36.6 Å². The fourth-order valence-electron chi connectivity index (χ4n) is 3.90. The van der Waals surface area contributed by atoms with Crippen molar-refractivity contribution in [3.8, 4) is 0 Å². The van der Waals surface area contributed by atoms with Crippen LogP contribution in [0.4, 0.5) is 5.95 Å². The second-order valence-electron chi connectivity index (χ2n) is 6.19. The Morgan fingerprint density at radius 1 is 1.10 bits per heavy atom. The van der Waals surface area contributed by atoms with Crippen LogP contribution in [-0.2, 0) is 0 Å². The molecule has 2 aliphatic rings. The summed E-state index contributed by atoms with van der Waals surface area (Å²) in [6.45, 7) is 3.21. The lowest BCUT2D eigenvalue weighted by atomic mass is 9.79. The summed E-state index contributed by atoms with van der Waals surface area (Å²) in [7, 11) is 0. The lowest BCUT2D eigenvalue weighted by Gasteiger charge is -2.49. The lowest BCUT2D eigenvalue weighted by molar-refractivity contribution is 0.238. The van der Waals surface area contributed by atoms with Crippen LogP contribution < -0.4 is 10.2 Å². The van der Waals surface area contributed by atoms with Gasteiger partial charge in [0.2, 0.25) is 5.95 Å². The molecule has 1 saturated carbocycles. The number of para-hydroxylation sites is 2. The molecule has 0 atom stereocenters. The van der Waals surface area contributed by atoms with E-state index < -0.39 is 0 Å². The minimum Gasteiger partial charge on any atom is -0.334 e. The number of H-pyrrole nitrogens is 1. The van der Waals surface area contributed by atoms with Crippen molar-refractivity contribution in [3.05, 3.63) is 24.3 Å². The first kappa shape index (κ1) is 12.2. The number of nitrogens with one attached hydrogen (secondary N) is 2.